The van der Waals surface area contributed by atoms with Crippen molar-refractivity contribution < 1.29 is 9.53 Å². The first-order valence-electron chi connectivity index (χ1n) is 11.6. The van der Waals surface area contributed by atoms with Crippen molar-refractivity contribution in [2.45, 2.75) is 6.92 Å². The molecule has 0 saturated heterocycles. The molecule has 5 aromatic rings. The Bertz CT molecular complexity index is 1500. The SMILES string of the molecule is COc1ccc(Nc2cc(C)nc(Nc3ccc(NC(=O)c4cccc(-n5cccn5)c4)cc3)n2)cc1. The summed E-state index contributed by atoms with van der Waals surface area (Å²) in [5.74, 6) is 1.71. The number of amides is 1. The molecule has 5 rings (SSSR count). The Balaban J connectivity index is 1.24. The van der Waals surface area contributed by atoms with Crippen molar-refractivity contribution in [2.75, 3.05) is 23.1 Å². The lowest BCUT2D eigenvalue weighted by Gasteiger charge is -2.11. The molecule has 9 nitrogen and oxygen atoms in total. The maximum Gasteiger partial charge on any atom is 0.255 e. The lowest BCUT2D eigenvalue weighted by molar-refractivity contribution is 0.102. The second-order valence-electron chi connectivity index (χ2n) is 8.23. The van der Waals surface area contributed by atoms with Crippen LogP contribution in [0.2, 0.25) is 0 Å². The smallest absolute Gasteiger partial charge is 0.255 e. The molecule has 3 N–H and O–H groups in total. The predicted octanol–water partition coefficient (Wildman–Crippen LogP) is 5.72. The first kappa shape index (κ1) is 23.6. The number of methoxy groups -OCH3 is 1. The van der Waals surface area contributed by atoms with E-state index in [0.29, 0.717) is 23.0 Å². The molecule has 0 aliphatic carbocycles. The van der Waals surface area contributed by atoms with E-state index in [9.17, 15) is 4.79 Å². The highest BCUT2D eigenvalue weighted by Crippen LogP contribution is 2.22. The fraction of sp³-hybridized carbons (Fsp3) is 0.0714. The highest BCUT2D eigenvalue weighted by Gasteiger charge is 2.09. The number of hydrogen-bond acceptors (Lipinski definition) is 7. The monoisotopic (exact) mass is 491 g/mol. The van der Waals surface area contributed by atoms with Crippen LogP contribution in [0.5, 0.6) is 5.75 Å². The van der Waals surface area contributed by atoms with E-state index in [1.165, 1.54) is 0 Å². The number of carbonyl (C=O) groups is 1. The number of rotatable bonds is 8. The standard InChI is InChI=1S/C28H25N7O2/c1-19-17-26(31-21-11-13-25(37-2)14-12-21)34-28(30-19)33-23-9-7-22(8-10-23)32-27(36)20-5-3-6-24(18-20)35-16-4-15-29-35/h3-18H,1-2H3,(H,32,36)(H2,30,31,33,34). The van der Waals surface area contributed by atoms with Crippen LogP contribution in [-0.2, 0) is 0 Å². The van der Waals surface area contributed by atoms with Gasteiger partial charge in [-0.1, -0.05) is 6.07 Å². The van der Waals surface area contributed by atoms with Gasteiger partial charge in [-0.3, -0.25) is 4.79 Å². The molecule has 0 spiro atoms. The summed E-state index contributed by atoms with van der Waals surface area (Å²) >= 11 is 0. The van der Waals surface area contributed by atoms with Gasteiger partial charge in [0.2, 0.25) is 5.95 Å². The fourth-order valence-electron chi connectivity index (χ4n) is 3.69. The molecular formula is C28H25N7O2. The molecule has 0 atom stereocenters. The number of hydrogen-bond donors (Lipinski definition) is 3. The Kier molecular flexibility index (Phi) is 6.76. The van der Waals surface area contributed by atoms with Gasteiger partial charge in [-0.25, -0.2) is 9.67 Å². The van der Waals surface area contributed by atoms with E-state index >= 15 is 0 Å². The van der Waals surface area contributed by atoms with E-state index in [2.05, 4.69) is 31.0 Å². The molecule has 2 aromatic heterocycles. The fourth-order valence-corrected chi connectivity index (χ4v) is 3.69. The number of aryl methyl sites for hydroxylation is 1. The summed E-state index contributed by atoms with van der Waals surface area (Å²) < 4.78 is 6.92. The van der Waals surface area contributed by atoms with Gasteiger partial charge in [-0.2, -0.15) is 10.1 Å². The number of nitrogens with one attached hydrogen (secondary N) is 3. The number of nitrogens with zero attached hydrogens (tertiary/aromatic N) is 4. The predicted molar refractivity (Wildman–Crippen MR) is 144 cm³/mol. The summed E-state index contributed by atoms with van der Waals surface area (Å²) in [6, 6.07) is 26.0. The minimum Gasteiger partial charge on any atom is -0.497 e. The third-order valence-electron chi connectivity index (χ3n) is 5.49. The Hall–Kier alpha value is -5.18. The van der Waals surface area contributed by atoms with E-state index in [1.807, 2.05) is 85.9 Å². The topological polar surface area (TPSA) is 106 Å². The van der Waals surface area contributed by atoms with Gasteiger partial charge in [-0.05, 0) is 79.7 Å². The van der Waals surface area contributed by atoms with Crippen molar-refractivity contribution in [3.05, 3.63) is 109 Å². The molecule has 0 fully saturated rings. The Morgan fingerprint density at radius 2 is 1.57 bits per heavy atom. The Labute approximate surface area is 214 Å². The first-order chi connectivity index (χ1) is 18.1. The minimum atomic E-state index is -0.203. The molecule has 9 heteroatoms. The maximum atomic E-state index is 12.8. The minimum absolute atomic E-state index is 0.203. The van der Waals surface area contributed by atoms with Crippen LogP contribution in [-0.4, -0.2) is 32.8 Å². The maximum absolute atomic E-state index is 12.8. The Morgan fingerprint density at radius 1 is 0.838 bits per heavy atom. The van der Waals surface area contributed by atoms with Crippen molar-refractivity contribution in [1.29, 1.82) is 0 Å². The second kappa shape index (κ2) is 10.6. The molecule has 0 radical (unpaired) electrons. The molecular weight excluding hydrogens is 466 g/mol. The molecule has 0 aliphatic rings. The van der Waals surface area contributed by atoms with Gasteiger partial charge >= 0.3 is 0 Å². The average Bonchev–Trinajstić information content (AvgIpc) is 3.45. The number of aromatic nitrogens is 4. The van der Waals surface area contributed by atoms with Crippen LogP contribution in [0.3, 0.4) is 0 Å². The van der Waals surface area contributed by atoms with Crippen molar-refractivity contribution in [2.24, 2.45) is 0 Å². The van der Waals surface area contributed by atoms with Crippen LogP contribution < -0.4 is 20.7 Å². The van der Waals surface area contributed by atoms with E-state index in [0.717, 1.165) is 28.5 Å². The largest absolute Gasteiger partial charge is 0.497 e. The van der Waals surface area contributed by atoms with Gasteiger partial charge < -0.3 is 20.7 Å². The zero-order chi connectivity index (χ0) is 25.6. The van der Waals surface area contributed by atoms with Crippen molar-refractivity contribution in [3.63, 3.8) is 0 Å². The van der Waals surface area contributed by atoms with Crippen LogP contribution in [0.4, 0.5) is 28.8 Å². The van der Waals surface area contributed by atoms with Gasteiger partial charge in [0.1, 0.15) is 11.6 Å². The zero-order valence-electron chi connectivity index (χ0n) is 20.3. The summed E-state index contributed by atoms with van der Waals surface area (Å²) in [4.78, 5) is 21.8. The molecule has 0 bridgehead atoms. The zero-order valence-corrected chi connectivity index (χ0v) is 20.3. The molecule has 3 aromatic carbocycles. The van der Waals surface area contributed by atoms with Crippen LogP contribution in [0, 0.1) is 6.92 Å². The third-order valence-corrected chi connectivity index (χ3v) is 5.49. The third kappa shape index (κ3) is 5.91. The van der Waals surface area contributed by atoms with Crippen LogP contribution in [0.15, 0.2) is 97.3 Å². The van der Waals surface area contributed by atoms with E-state index in [-0.39, 0.29) is 5.91 Å². The number of carbonyl (C=O) groups excluding carboxylic acids is 1. The van der Waals surface area contributed by atoms with Gasteiger partial charge in [0.25, 0.3) is 5.91 Å². The van der Waals surface area contributed by atoms with Gasteiger partial charge in [0, 0.05) is 46.8 Å². The summed E-state index contributed by atoms with van der Waals surface area (Å²) in [5.41, 5.74) is 4.53. The normalized spacial score (nSPS) is 10.5. The van der Waals surface area contributed by atoms with Gasteiger partial charge in [-0.15, -0.1) is 0 Å². The number of ether oxygens (including phenoxy) is 1. The summed E-state index contributed by atoms with van der Waals surface area (Å²) in [6.45, 7) is 1.91. The molecule has 2 heterocycles. The first-order valence-corrected chi connectivity index (χ1v) is 11.6. The number of anilines is 5. The van der Waals surface area contributed by atoms with Crippen molar-refractivity contribution in [3.8, 4) is 11.4 Å². The van der Waals surface area contributed by atoms with Crippen LogP contribution in [0.1, 0.15) is 16.1 Å². The molecule has 37 heavy (non-hydrogen) atoms. The summed E-state index contributed by atoms with van der Waals surface area (Å²) in [6.07, 6.45) is 3.53. The summed E-state index contributed by atoms with van der Waals surface area (Å²) in [5, 5.41) is 13.6. The molecule has 0 unspecified atom stereocenters. The summed E-state index contributed by atoms with van der Waals surface area (Å²) in [7, 11) is 1.64. The second-order valence-corrected chi connectivity index (χ2v) is 8.23. The van der Waals surface area contributed by atoms with Crippen LogP contribution >= 0.6 is 0 Å². The lowest BCUT2D eigenvalue weighted by Crippen LogP contribution is -2.12. The van der Waals surface area contributed by atoms with E-state index < -0.39 is 0 Å². The van der Waals surface area contributed by atoms with Crippen molar-refractivity contribution in [1.82, 2.24) is 19.7 Å². The van der Waals surface area contributed by atoms with Crippen molar-refractivity contribution >= 4 is 34.7 Å². The molecule has 0 aliphatic heterocycles. The van der Waals surface area contributed by atoms with Gasteiger partial charge in [0.05, 0.1) is 12.8 Å². The number of benzene rings is 3. The Morgan fingerprint density at radius 3 is 2.30 bits per heavy atom. The molecule has 0 saturated carbocycles. The quantitative estimate of drug-likeness (QED) is 0.255. The lowest BCUT2D eigenvalue weighted by atomic mass is 10.2. The molecule has 184 valence electrons. The highest BCUT2D eigenvalue weighted by atomic mass is 16.5. The highest BCUT2D eigenvalue weighted by molar-refractivity contribution is 6.04. The van der Waals surface area contributed by atoms with E-state index in [4.69, 9.17) is 4.74 Å². The van der Waals surface area contributed by atoms with Crippen LogP contribution in [0.25, 0.3) is 5.69 Å². The average molecular weight is 492 g/mol. The van der Waals surface area contributed by atoms with Gasteiger partial charge in [0.15, 0.2) is 0 Å². The molecule has 1 amide bonds. The van der Waals surface area contributed by atoms with E-state index in [1.54, 1.807) is 30.1 Å².